The molecular weight excluding hydrogens is 332 g/mol. The molecule has 3 aromatic carbocycles. The second-order valence-electron chi connectivity index (χ2n) is 7.04. The SMILES string of the molecule is [O]C1=CC([Si](c2ccccc2)(c2ccccc2)c2ccccc2)CCC1. The topological polar surface area (TPSA) is 19.9 Å². The maximum atomic E-state index is 12.4. The van der Waals surface area contributed by atoms with Crippen molar-refractivity contribution < 1.29 is 5.11 Å². The Kier molecular flexibility index (Phi) is 4.76. The van der Waals surface area contributed by atoms with Crippen LogP contribution < -0.4 is 15.6 Å². The van der Waals surface area contributed by atoms with Crippen molar-refractivity contribution in [1.29, 1.82) is 0 Å². The van der Waals surface area contributed by atoms with Crippen molar-refractivity contribution in [3.05, 3.63) is 103 Å². The third-order valence-corrected chi connectivity index (χ3v) is 10.9. The molecule has 0 saturated carbocycles. The number of benzene rings is 3. The smallest absolute Gasteiger partial charge is 0.155 e. The molecule has 129 valence electrons. The second-order valence-corrected chi connectivity index (χ2v) is 11.1. The van der Waals surface area contributed by atoms with Crippen LogP contribution in [-0.2, 0) is 5.11 Å². The quantitative estimate of drug-likeness (QED) is 0.497. The molecule has 1 aliphatic rings. The minimum absolute atomic E-state index is 0.288. The Morgan fingerprint density at radius 1 is 0.654 bits per heavy atom. The van der Waals surface area contributed by atoms with Crippen LogP contribution in [0.3, 0.4) is 0 Å². The van der Waals surface area contributed by atoms with Crippen LogP contribution in [0.25, 0.3) is 0 Å². The van der Waals surface area contributed by atoms with Gasteiger partial charge in [-0.3, -0.25) is 5.11 Å². The van der Waals surface area contributed by atoms with Crippen LogP contribution in [0.1, 0.15) is 19.3 Å². The van der Waals surface area contributed by atoms with E-state index in [1.165, 1.54) is 15.6 Å². The Hall–Kier alpha value is -2.58. The molecule has 0 aromatic heterocycles. The zero-order chi connectivity index (χ0) is 17.8. The molecule has 0 amide bonds. The molecule has 1 nitrogen and oxygen atoms in total. The van der Waals surface area contributed by atoms with Crippen LogP contribution in [0.15, 0.2) is 103 Å². The predicted molar refractivity (Wildman–Crippen MR) is 110 cm³/mol. The van der Waals surface area contributed by atoms with Crippen LogP contribution in [0.2, 0.25) is 5.54 Å². The second kappa shape index (κ2) is 7.34. The van der Waals surface area contributed by atoms with Crippen molar-refractivity contribution >= 4 is 23.6 Å². The largest absolute Gasteiger partial charge is 0.295 e. The van der Waals surface area contributed by atoms with Gasteiger partial charge in [0.2, 0.25) is 0 Å². The van der Waals surface area contributed by atoms with Gasteiger partial charge in [0.15, 0.2) is 13.8 Å². The Morgan fingerprint density at radius 3 is 1.46 bits per heavy atom. The molecule has 0 N–H and O–H groups in total. The van der Waals surface area contributed by atoms with Gasteiger partial charge in [-0.15, -0.1) is 0 Å². The standard InChI is InChI=1S/C24H23OSi/c25-20-11-10-18-24(19-20)26(21-12-4-1-5-13-21,22-14-6-2-7-15-22)23-16-8-3-9-17-23/h1-9,12-17,19,24H,10-11,18H2. The molecule has 0 heterocycles. The number of rotatable bonds is 4. The van der Waals surface area contributed by atoms with E-state index >= 15 is 0 Å². The first-order valence-corrected chi connectivity index (χ1v) is 11.4. The molecule has 1 unspecified atom stereocenters. The van der Waals surface area contributed by atoms with Gasteiger partial charge in [0, 0.05) is 6.42 Å². The van der Waals surface area contributed by atoms with Crippen molar-refractivity contribution in [3.63, 3.8) is 0 Å². The Morgan fingerprint density at radius 2 is 1.08 bits per heavy atom. The molecule has 1 atom stereocenters. The minimum atomic E-state index is -2.34. The highest BCUT2D eigenvalue weighted by Crippen LogP contribution is 2.34. The van der Waals surface area contributed by atoms with E-state index in [-0.39, 0.29) is 5.54 Å². The average Bonchev–Trinajstić information content (AvgIpc) is 2.71. The van der Waals surface area contributed by atoms with Gasteiger partial charge >= 0.3 is 0 Å². The summed E-state index contributed by atoms with van der Waals surface area (Å²) in [6.07, 6.45) is 4.81. The van der Waals surface area contributed by atoms with E-state index in [1.54, 1.807) is 0 Å². The van der Waals surface area contributed by atoms with Crippen LogP contribution in [0, 0.1) is 0 Å². The molecule has 0 bridgehead atoms. The summed E-state index contributed by atoms with van der Waals surface area (Å²) in [6.45, 7) is 0. The van der Waals surface area contributed by atoms with Crippen molar-refractivity contribution in [2.24, 2.45) is 0 Å². The first kappa shape index (κ1) is 16.9. The highest BCUT2D eigenvalue weighted by atomic mass is 28.3. The molecular formula is C24H23OSi. The van der Waals surface area contributed by atoms with Gasteiger partial charge in [0.05, 0.1) is 0 Å². The first-order chi connectivity index (χ1) is 12.8. The summed E-state index contributed by atoms with van der Waals surface area (Å²) in [5.41, 5.74) is 0.288. The summed E-state index contributed by atoms with van der Waals surface area (Å²) < 4.78 is 0. The molecule has 0 spiro atoms. The van der Waals surface area contributed by atoms with Crippen LogP contribution in [-0.4, -0.2) is 8.07 Å². The summed E-state index contributed by atoms with van der Waals surface area (Å²) >= 11 is 0. The minimum Gasteiger partial charge on any atom is -0.295 e. The number of allylic oxidation sites excluding steroid dienone is 2. The fourth-order valence-electron chi connectivity index (χ4n) is 4.47. The lowest BCUT2D eigenvalue weighted by molar-refractivity contribution is 0.269. The number of hydrogen-bond donors (Lipinski definition) is 0. The van der Waals surface area contributed by atoms with Gasteiger partial charge in [0.25, 0.3) is 0 Å². The van der Waals surface area contributed by atoms with E-state index < -0.39 is 8.07 Å². The Bertz CT molecular complexity index is 775. The molecule has 4 rings (SSSR count). The van der Waals surface area contributed by atoms with Crippen LogP contribution >= 0.6 is 0 Å². The summed E-state index contributed by atoms with van der Waals surface area (Å²) in [5.74, 6) is 0.306. The van der Waals surface area contributed by atoms with Crippen LogP contribution in [0.4, 0.5) is 0 Å². The Balaban J connectivity index is 2.05. The highest BCUT2D eigenvalue weighted by Gasteiger charge is 2.46. The third kappa shape index (κ3) is 2.91. The van der Waals surface area contributed by atoms with Crippen LogP contribution in [0.5, 0.6) is 0 Å². The number of hydrogen-bond acceptors (Lipinski definition) is 0. The fraction of sp³-hybridized carbons (Fsp3) is 0.167. The average molecular weight is 356 g/mol. The lowest BCUT2D eigenvalue weighted by Crippen LogP contribution is -2.69. The van der Waals surface area contributed by atoms with Gasteiger partial charge in [0.1, 0.15) is 0 Å². The molecule has 1 aliphatic carbocycles. The summed E-state index contributed by atoms with van der Waals surface area (Å²) in [7, 11) is -2.34. The van der Waals surface area contributed by atoms with E-state index in [9.17, 15) is 5.11 Å². The first-order valence-electron chi connectivity index (χ1n) is 9.36. The molecule has 1 radical (unpaired) electrons. The summed E-state index contributed by atoms with van der Waals surface area (Å²) in [5, 5.41) is 16.5. The molecule has 0 fully saturated rings. The maximum absolute atomic E-state index is 12.4. The van der Waals surface area contributed by atoms with Gasteiger partial charge in [-0.25, -0.2) is 0 Å². The van der Waals surface area contributed by atoms with Gasteiger partial charge in [-0.2, -0.15) is 0 Å². The van der Waals surface area contributed by atoms with E-state index in [1.807, 2.05) is 6.08 Å². The zero-order valence-electron chi connectivity index (χ0n) is 14.8. The van der Waals surface area contributed by atoms with Crippen molar-refractivity contribution in [1.82, 2.24) is 0 Å². The van der Waals surface area contributed by atoms with Crippen molar-refractivity contribution in [2.75, 3.05) is 0 Å². The molecule has 2 heteroatoms. The summed E-state index contributed by atoms with van der Waals surface area (Å²) in [4.78, 5) is 0. The molecule has 26 heavy (non-hydrogen) atoms. The van der Waals surface area contributed by atoms with Gasteiger partial charge < -0.3 is 0 Å². The monoisotopic (exact) mass is 355 g/mol. The molecule has 3 aromatic rings. The summed E-state index contributed by atoms with van der Waals surface area (Å²) in [6, 6.07) is 32.6. The third-order valence-electron chi connectivity index (χ3n) is 5.57. The molecule has 0 aliphatic heterocycles. The lowest BCUT2D eigenvalue weighted by atomic mass is 10.1. The Labute approximate surface area is 156 Å². The van der Waals surface area contributed by atoms with E-state index in [0.717, 1.165) is 12.8 Å². The normalized spacial score (nSPS) is 17.5. The van der Waals surface area contributed by atoms with E-state index in [2.05, 4.69) is 91.0 Å². The van der Waals surface area contributed by atoms with Gasteiger partial charge in [-0.1, -0.05) is 91.0 Å². The highest BCUT2D eigenvalue weighted by molar-refractivity contribution is 7.12. The molecule has 0 saturated heterocycles. The fourth-order valence-corrected chi connectivity index (χ4v) is 9.99. The van der Waals surface area contributed by atoms with Crippen molar-refractivity contribution in [3.8, 4) is 0 Å². The van der Waals surface area contributed by atoms with E-state index in [4.69, 9.17) is 0 Å². The van der Waals surface area contributed by atoms with Crippen molar-refractivity contribution in [2.45, 2.75) is 24.8 Å². The zero-order valence-corrected chi connectivity index (χ0v) is 15.8. The van der Waals surface area contributed by atoms with E-state index in [0.29, 0.717) is 12.2 Å². The van der Waals surface area contributed by atoms with Gasteiger partial charge in [-0.05, 0) is 40.0 Å². The maximum Gasteiger partial charge on any atom is 0.155 e. The lowest BCUT2D eigenvalue weighted by Gasteiger charge is -2.40. The predicted octanol–water partition coefficient (Wildman–Crippen LogP) is 4.03.